The van der Waals surface area contributed by atoms with E-state index in [1.165, 1.54) is 5.56 Å². The van der Waals surface area contributed by atoms with Gasteiger partial charge in [-0.1, -0.05) is 25.4 Å². The van der Waals surface area contributed by atoms with Crippen molar-refractivity contribution in [2.24, 2.45) is 0 Å². The lowest BCUT2D eigenvalue weighted by atomic mass is 10.0. The summed E-state index contributed by atoms with van der Waals surface area (Å²) in [6.07, 6.45) is 3.86. The smallest absolute Gasteiger partial charge is 0.0995 e. The number of aryl methyl sites for hydroxylation is 1. The molecule has 0 saturated carbocycles. The normalized spacial score (nSPS) is 11.1. The molecule has 0 aliphatic heterocycles. The largest absolute Gasteiger partial charge is 0.306 e. The second kappa shape index (κ2) is 4.30. The molecular weight excluding hydrogens is 220 g/mol. The Balaban J connectivity index is 2.56. The molecule has 1 aromatic carbocycles. The fourth-order valence-electron chi connectivity index (χ4n) is 1.78. The van der Waals surface area contributed by atoms with Crippen LogP contribution in [-0.2, 0) is 0 Å². The fraction of sp³-hybridized carbons (Fsp3) is 0.308. The molecule has 16 heavy (non-hydrogen) atoms. The lowest BCUT2D eigenvalue weighted by Gasteiger charge is -2.13. The Labute approximate surface area is 101 Å². The molecule has 2 rings (SSSR count). The van der Waals surface area contributed by atoms with Gasteiger partial charge in [-0.2, -0.15) is 0 Å². The van der Waals surface area contributed by atoms with Crippen LogP contribution in [0.5, 0.6) is 0 Å². The number of hydrogen-bond acceptors (Lipinski definition) is 1. The topological polar surface area (TPSA) is 17.8 Å². The van der Waals surface area contributed by atoms with Crippen LogP contribution in [0.4, 0.5) is 0 Å². The molecule has 0 radical (unpaired) electrons. The summed E-state index contributed by atoms with van der Waals surface area (Å²) in [6.45, 7) is 6.32. The highest BCUT2D eigenvalue weighted by Crippen LogP contribution is 2.26. The molecule has 1 aromatic heterocycles. The third-order valence-corrected chi connectivity index (χ3v) is 2.84. The van der Waals surface area contributed by atoms with Gasteiger partial charge in [0.25, 0.3) is 0 Å². The maximum absolute atomic E-state index is 6.03. The molecule has 0 aliphatic carbocycles. The number of rotatable bonds is 2. The molecule has 2 nitrogen and oxygen atoms in total. The predicted molar refractivity (Wildman–Crippen MR) is 67.4 cm³/mol. The maximum Gasteiger partial charge on any atom is 0.0995 e. The number of nitrogens with zero attached hydrogens (tertiary/aromatic N) is 2. The van der Waals surface area contributed by atoms with Gasteiger partial charge in [0.2, 0.25) is 0 Å². The van der Waals surface area contributed by atoms with Gasteiger partial charge in [-0.25, -0.2) is 4.98 Å². The lowest BCUT2D eigenvalue weighted by molar-refractivity contribution is 0.846. The molecule has 84 valence electrons. The molecule has 0 bridgehead atoms. The summed E-state index contributed by atoms with van der Waals surface area (Å²) in [5, 5.41) is 0.782. The first-order chi connectivity index (χ1) is 7.58. The lowest BCUT2D eigenvalue weighted by Crippen LogP contribution is -1.99. The summed E-state index contributed by atoms with van der Waals surface area (Å²) < 4.78 is 2.04. The average Bonchev–Trinajstić information content (AvgIpc) is 2.64. The second-order valence-electron chi connectivity index (χ2n) is 4.28. The van der Waals surface area contributed by atoms with Crippen LogP contribution in [0.2, 0.25) is 5.02 Å². The van der Waals surface area contributed by atoms with Gasteiger partial charge in [0.05, 0.1) is 17.7 Å². The molecule has 0 saturated heterocycles. The molecule has 3 heteroatoms. The van der Waals surface area contributed by atoms with E-state index in [2.05, 4.69) is 18.8 Å². The zero-order valence-corrected chi connectivity index (χ0v) is 10.5. The van der Waals surface area contributed by atoms with Crippen molar-refractivity contribution >= 4 is 11.6 Å². The van der Waals surface area contributed by atoms with Crippen LogP contribution in [0.25, 0.3) is 5.69 Å². The fourth-order valence-corrected chi connectivity index (χ4v) is 1.96. The van der Waals surface area contributed by atoms with Crippen molar-refractivity contribution in [1.82, 2.24) is 9.55 Å². The van der Waals surface area contributed by atoms with Gasteiger partial charge in [-0.15, -0.1) is 0 Å². The number of benzene rings is 1. The SMILES string of the molecule is Cc1cn(-c2ccc(Cl)cc2C(C)C)cn1. The molecule has 0 amide bonds. The van der Waals surface area contributed by atoms with Gasteiger partial charge < -0.3 is 4.57 Å². The Hall–Kier alpha value is -1.28. The Morgan fingerprint density at radius 1 is 1.31 bits per heavy atom. The highest BCUT2D eigenvalue weighted by Gasteiger charge is 2.09. The summed E-state index contributed by atoms with van der Waals surface area (Å²) in [5.74, 6) is 0.441. The van der Waals surface area contributed by atoms with E-state index in [4.69, 9.17) is 11.6 Å². The van der Waals surface area contributed by atoms with Gasteiger partial charge in [-0.05, 0) is 36.6 Å². The zero-order chi connectivity index (χ0) is 11.7. The Morgan fingerprint density at radius 3 is 2.62 bits per heavy atom. The van der Waals surface area contributed by atoms with Crippen LogP contribution < -0.4 is 0 Å². The van der Waals surface area contributed by atoms with E-state index in [0.717, 1.165) is 16.4 Å². The van der Waals surface area contributed by atoms with E-state index < -0.39 is 0 Å². The molecular formula is C13H15ClN2. The molecule has 1 heterocycles. The minimum absolute atomic E-state index is 0.441. The molecule has 0 unspecified atom stereocenters. The average molecular weight is 235 g/mol. The standard InChI is InChI=1S/C13H15ClN2/c1-9(2)12-6-11(14)4-5-13(12)16-7-10(3)15-8-16/h4-9H,1-3H3. The maximum atomic E-state index is 6.03. The van der Waals surface area contributed by atoms with Crippen LogP contribution >= 0.6 is 11.6 Å². The number of hydrogen-bond donors (Lipinski definition) is 0. The van der Waals surface area contributed by atoms with Crippen molar-refractivity contribution < 1.29 is 0 Å². The molecule has 2 aromatic rings. The van der Waals surface area contributed by atoms with E-state index in [1.807, 2.05) is 42.2 Å². The minimum atomic E-state index is 0.441. The van der Waals surface area contributed by atoms with Crippen LogP contribution in [0.1, 0.15) is 31.0 Å². The van der Waals surface area contributed by atoms with Gasteiger partial charge >= 0.3 is 0 Å². The predicted octanol–water partition coefficient (Wildman–Crippen LogP) is 3.96. The number of halogens is 1. The molecule has 0 atom stereocenters. The Bertz CT molecular complexity index is 500. The first-order valence-electron chi connectivity index (χ1n) is 5.38. The van der Waals surface area contributed by atoms with E-state index in [0.29, 0.717) is 5.92 Å². The summed E-state index contributed by atoms with van der Waals surface area (Å²) in [4.78, 5) is 4.25. The summed E-state index contributed by atoms with van der Waals surface area (Å²) in [7, 11) is 0. The quantitative estimate of drug-likeness (QED) is 0.769. The molecule has 0 spiro atoms. The van der Waals surface area contributed by atoms with Gasteiger partial charge in [0.15, 0.2) is 0 Å². The van der Waals surface area contributed by atoms with Crippen LogP contribution in [0, 0.1) is 6.92 Å². The van der Waals surface area contributed by atoms with Gasteiger partial charge in [-0.3, -0.25) is 0 Å². The third-order valence-electron chi connectivity index (χ3n) is 2.60. The number of aromatic nitrogens is 2. The number of imidazole rings is 1. The molecule has 0 aliphatic rings. The highest BCUT2D eigenvalue weighted by atomic mass is 35.5. The van der Waals surface area contributed by atoms with Gasteiger partial charge in [0, 0.05) is 11.2 Å². The Morgan fingerprint density at radius 2 is 2.06 bits per heavy atom. The van der Waals surface area contributed by atoms with E-state index >= 15 is 0 Å². The zero-order valence-electron chi connectivity index (χ0n) is 9.74. The van der Waals surface area contributed by atoms with Crippen molar-refractivity contribution in [3.05, 3.63) is 47.0 Å². The van der Waals surface area contributed by atoms with Crippen LogP contribution in [0.15, 0.2) is 30.7 Å². The van der Waals surface area contributed by atoms with Crippen molar-refractivity contribution in [1.29, 1.82) is 0 Å². The van der Waals surface area contributed by atoms with Crippen molar-refractivity contribution in [3.63, 3.8) is 0 Å². The minimum Gasteiger partial charge on any atom is -0.306 e. The highest BCUT2D eigenvalue weighted by molar-refractivity contribution is 6.30. The van der Waals surface area contributed by atoms with E-state index in [-0.39, 0.29) is 0 Å². The van der Waals surface area contributed by atoms with Crippen molar-refractivity contribution in [2.45, 2.75) is 26.7 Å². The summed E-state index contributed by atoms with van der Waals surface area (Å²) >= 11 is 6.03. The summed E-state index contributed by atoms with van der Waals surface area (Å²) in [6, 6.07) is 5.98. The van der Waals surface area contributed by atoms with Crippen LogP contribution in [-0.4, -0.2) is 9.55 Å². The monoisotopic (exact) mass is 234 g/mol. The van der Waals surface area contributed by atoms with Crippen molar-refractivity contribution in [3.8, 4) is 5.69 Å². The first kappa shape index (κ1) is 11.2. The molecule has 0 N–H and O–H groups in total. The molecule has 0 fully saturated rings. The van der Waals surface area contributed by atoms with E-state index in [1.54, 1.807) is 0 Å². The first-order valence-corrected chi connectivity index (χ1v) is 5.76. The van der Waals surface area contributed by atoms with Crippen molar-refractivity contribution in [2.75, 3.05) is 0 Å². The van der Waals surface area contributed by atoms with Gasteiger partial charge in [0.1, 0.15) is 0 Å². The Kier molecular flexibility index (Phi) is 3.01. The van der Waals surface area contributed by atoms with Crippen LogP contribution in [0.3, 0.4) is 0 Å². The third kappa shape index (κ3) is 2.12. The van der Waals surface area contributed by atoms with E-state index in [9.17, 15) is 0 Å². The summed E-state index contributed by atoms with van der Waals surface area (Å²) in [5.41, 5.74) is 3.41. The second-order valence-corrected chi connectivity index (χ2v) is 4.72.